The Kier molecular flexibility index (Phi) is 3.15. The molecule has 5 nitrogen and oxygen atoms in total. The smallest absolute Gasteiger partial charge is 0.189 e. The van der Waals surface area contributed by atoms with Crippen LogP contribution < -0.4 is 5.32 Å². The third kappa shape index (κ3) is 2.31. The van der Waals surface area contributed by atoms with Crippen LogP contribution in [0.4, 0.5) is 0 Å². The molecule has 0 atom stereocenters. The maximum atomic E-state index is 12.0. The van der Waals surface area contributed by atoms with E-state index in [1.165, 1.54) is 11.3 Å². The van der Waals surface area contributed by atoms with Crippen LogP contribution >= 0.6 is 22.9 Å². The van der Waals surface area contributed by atoms with Crippen LogP contribution in [0.25, 0.3) is 0 Å². The molecule has 2 aromatic heterocycles. The largest absolute Gasteiger partial charge is 0.312 e. The number of halogens is 1. The molecule has 94 valence electrons. The summed E-state index contributed by atoms with van der Waals surface area (Å²) in [5, 5.41) is 11.1. The minimum atomic E-state index is -0.0213. The van der Waals surface area contributed by atoms with Crippen molar-refractivity contribution in [2.24, 2.45) is 0 Å². The molecule has 7 heteroatoms. The van der Waals surface area contributed by atoms with Crippen LogP contribution in [0.5, 0.6) is 0 Å². The SMILES string of the molecule is O=C(Cc1ccc(Cl)s1)c1cn(C2CNC2)nn1. The second-order valence-electron chi connectivity index (χ2n) is 4.20. The van der Waals surface area contributed by atoms with Crippen molar-refractivity contribution in [1.82, 2.24) is 20.3 Å². The molecule has 0 unspecified atom stereocenters. The third-order valence-electron chi connectivity index (χ3n) is 2.89. The van der Waals surface area contributed by atoms with Gasteiger partial charge in [0.15, 0.2) is 5.78 Å². The van der Waals surface area contributed by atoms with Gasteiger partial charge in [0.25, 0.3) is 0 Å². The number of carbonyl (C=O) groups is 1. The van der Waals surface area contributed by atoms with Crippen molar-refractivity contribution in [3.05, 3.63) is 33.2 Å². The molecular weight excluding hydrogens is 272 g/mol. The molecule has 1 saturated heterocycles. The second-order valence-corrected chi connectivity index (χ2v) is 6.00. The molecule has 0 bridgehead atoms. The zero-order chi connectivity index (χ0) is 12.5. The fourth-order valence-electron chi connectivity index (χ4n) is 1.74. The maximum Gasteiger partial charge on any atom is 0.189 e. The summed E-state index contributed by atoms with van der Waals surface area (Å²) in [7, 11) is 0. The van der Waals surface area contributed by atoms with Crippen molar-refractivity contribution >= 4 is 28.7 Å². The average molecular weight is 283 g/mol. The Balaban J connectivity index is 1.70. The molecule has 0 aliphatic carbocycles. The third-order valence-corrected chi connectivity index (χ3v) is 4.12. The lowest BCUT2D eigenvalue weighted by atomic mass is 10.2. The minimum absolute atomic E-state index is 0.0213. The summed E-state index contributed by atoms with van der Waals surface area (Å²) in [6, 6.07) is 3.99. The molecule has 18 heavy (non-hydrogen) atoms. The van der Waals surface area contributed by atoms with E-state index in [4.69, 9.17) is 11.6 Å². The van der Waals surface area contributed by atoms with E-state index in [0.717, 1.165) is 18.0 Å². The first-order chi connectivity index (χ1) is 8.72. The van der Waals surface area contributed by atoms with Crippen molar-refractivity contribution in [3.63, 3.8) is 0 Å². The van der Waals surface area contributed by atoms with Crippen molar-refractivity contribution in [1.29, 1.82) is 0 Å². The van der Waals surface area contributed by atoms with E-state index < -0.39 is 0 Å². The lowest BCUT2D eigenvalue weighted by Crippen LogP contribution is -2.43. The van der Waals surface area contributed by atoms with Crippen LogP contribution in [0.1, 0.15) is 21.4 Å². The molecule has 0 spiro atoms. The number of carbonyl (C=O) groups excluding carboxylic acids is 1. The predicted octanol–water partition coefficient (Wildman–Crippen LogP) is 1.56. The Labute approximate surface area is 113 Å². The van der Waals surface area contributed by atoms with E-state index in [0.29, 0.717) is 22.5 Å². The van der Waals surface area contributed by atoms with Gasteiger partial charge in [0.05, 0.1) is 16.6 Å². The van der Waals surface area contributed by atoms with Gasteiger partial charge in [-0.05, 0) is 12.1 Å². The Hall–Kier alpha value is -1.24. The van der Waals surface area contributed by atoms with Crippen LogP contribution in [0.15, 0.2) is 18.3 Å². The Morgan fingerprint density at radius 3 is 3.00 bits per heavy atom. The molecule has 0 aromatic carbocycles. The summed E-state index contributed by atoms with van der Waals surface area (Å²) in [6.45, 7) is 1.77. The highest BCUT2D eigenvalue weighted by Crippen LogP contribution is 2.22. The van der Waals surface area contributed by atoms with Gasteiger partial charge in [0.2, 0.25) is 0 Å². The molecule has 3 heterocycles. The van der Waals surface area contributed by atoms with E-state index in [1.54, 1.807) is 16.9 Å². The highest BCUT2D eigenvalue weighted by molar-refractivity contribution is 7.16. The fraction of sp³-hybridized carbons (Fsp3) is 0.364. The van der Waals surface area contributed by atoms with E-state index in [-0.39, 0.29) is 5.78 Å². The molecule has 1 fully saturated rings. The van der Waals surface area contributed by atoms with Gasteiger partial charge >= 0.3 is 0 Å². The lowest BCUT2D eigenvalue weighted by molar-refractivity contribution is 0.0989. The summed E-state index contributed by atoms with van der Waals surface area (Å²) in [5.74, 6) is -0.0213. The van der Waals surface area contributed by atoms with Crippen molar-refractivity contribution < 1.29 is 4.79 Å². The van der Waals surface area contributed by atoms with Gasteiger partial charge in [-0.3, -0.25) is 4.79 Å². The lowest BCUT2D eigenvalue weighted by Gasteiger charge is -2.26. The standard InChI is InChI=1S/C11H11ClN4OS/c12-11-2-1-8(18-11)3-10(17)9-6-16(15-14-9)7-4-13-5-7/h1-2,6-7,13H,3-5H2. The zero-order valence-corrected chi connectivity index (χ0v) is 11.0. The molecule has 1 aliphatic rings. The molecule has 0 radical (unpaired) electrons. The first-order valence-corrected chi connectivity index (χ1v) is 6.82. The predicted molar refractivity (Wildman–Crippen MR) is 69.3 cm³/mol. The Morgan fingerprint density at radius 2 is 2.39 bits per heavy atom. The molecule has 2 aromatic rings. The van der Waals surface area contributed by atoms with Crippen molar-refractivity contribution in [3.8, 4) is 0 Å². The topological polar surface area (TPSA) is 59.8 Å². The number of aromatic nitrogens is 3. The summed E-state index contributed by atoms with van der Waals surface area (Å²) in [6.07, 6.45) is 2.06. The van der Waals surface area contributed by atoms with Crippen molar-refractivity contribution in [2.45, 2.75) is 12.5 Å². The summed E-state index contributed by atoms with van der Waals surface area (Å²) in [4.78, 5) is 12.9. The van der Waals surface area contributed by atoms with Gasteiger partial charge in [0, 0.05) is 24.4 Å². The maximum absolute atomic E-state index is 12.0. The Morgan fingerprint density at radius 1 is 1.56 bits per heavy atom. The van der Waals surface area contributed by atoms with Crippen LogP contribution in [0.3, 0.4) is 0 Å². The summed E-state index contributed by atoms with van der Waals surface area (Å²) < 4.78 is 2.45. The average Bonchev–Trinajstić information content (AvgIpc) is 2.86. The first kappa shape index (κ1) is 11.8. The van der Waals surface area contributed by atoms with Crippen molar-refractivity contribution in [2.75, 3.05) is 13.1 Å². The van der Waals surface area contributed by atoms with E-state index in [2.05, 4.69) is 15.6 Å². The van der Waals surface area contributed by atoms with Crippen LogP contribution in [0.2, 0.25) is 4.34 Å². The fourth-order valence-corrected chi connectivity index (χ4v) is 2.83. The number of nitrogens with zero attached hydrogens (tertiary/aromatic N) is 3. The number of rotatable bonds is 4. The van der Waals surface area contributed by atoms with Crippen LogP contribution in [0, 0.1) is 0 Å². The van der Waals surface area contributed by atoms with Gasteiger partial charge in [-0.15, -0.1) is 16.4 Å². The highest BCUT2D eigenvalue weighted by Gasteiger charge is 2.21. The van der Waals surface area contributed by atoms with Crippen LogP contribution in [-0.2, 0) is 6.42 Å². The normalized spacial score (nSPS) is 15.6. The number of nitrogens with one attached hydrogen (secondary N) is 1. The molecule has 0 amide bonds. The zero-order valence-electron chi connectivity index (χ0n) is 9.47. The van der Waals surface area contributed by atoms with Gasteiger partial charge in [0.1, 0.15) is 5.69 Å². The molecule has 1 aliphatic heterocycles. The summed E-state index contributed by atoms with van der Waals surface area (Å²) in [5.41, 5.74) is 0.423. The quantitative estimate of drug-likeness (QED) is 0.865. The molecule has 1 N–H and O–H groups in total. The van der Waals surface area contributed by atoms with E-state index in [9.17, 15) is 4.79 Å². The monoisotopic (exact) mass is 282 g/mol. The molecule has 0 saturated carbocycles. The van der Waals surface area contributed by atoms with Gasteiger partial charge in [-0.2, -0.15) is 0 Å². The number of ketones is 1. The Bertz CT molecular complexity index is 575. The number of Topliss-reactive ketones (excluding diaryl/α,β-unsaturated/α-hetero) is 1. The van der Waals surface area contributed by atoms with Gasteiger partial charge < -0.3 is 5.32 Å². The van der Waals surface area contributed by atoms with Gasteiger partial charge in [-0.25, -0.2) is 4.68 Å². The molecule has 3 rings (SSSR count). The second kappa shape index (κ2) is 4.79. The minimum Gasteiger partial charge on any atom is -0.312 e. The number of hydrogen-bond donors (Lipinski definition) is 1. The van der Waals surface area contributed by atoms with E-state index >= 15 is 0 Å². The van der Waals surface area contributed by atoms with Crippen LogP contribution in [-0.4, -0.2) is 33.9 Å². The number of hydrogen-bond acceptors (Lipinski definition) is 5. The first-order valence-electron chi connectivity index (χ1n) is 5.62. The highest BCUT2D eigenvalue weighted by atomic mass is 35.5. The van der Waals surface area contributed by atoms with Gasteiger partial charge in [-0.1, -0.05) is 16.8 Å². The molecular formula is C11H11ClN4OS. The number of thiophene rings is 1. The summed E-state index contributed by atoms with van der Waals surface area (Å²) >= 11 is 7.25. The van der Waals surface area contributed by atoms with E-state index in [1.807, 2.05) is 6.07 Å².